The summed E-state index contributed by atoms with van der Waals surface area (Å²) in [7, 11) is 0. The maximum absolute atomic E-state index is 12.8. The summed E-state index contributed by atoms with van der Waals surface area (Å²) in [5.41, 5.74) is 1.54. The van der Waals surface area contributed by atoms with Gasteiger partial charge in [-0.2, -0.15) is 13.2 Å². The molecule has 0 radical (unpaired) electrons. The molecule has 0 aliphatic carbocycles. The highest BCUT2D eigenvalue weighted by molar-refractivity contribution is 6.30. The van der Waals surface area contributed by atoms with E-state index in [0.29, 0.717) is 29.4 Å². The van der Waals surface area contributed by atoms with Crippen molar-refractivity contribution in [1.29, 1.82) is 0 Å². The number of aliphatic hydroxyl groups excluding tert-OH is 1. The minimum atomic E-state index is -4.47. The summed E-state index contributed by atoms with van der Waals surface area (Å²) in [6, 6.07) is 15.7. The lowest BCUT2D eigenvalue weighted by atomic mass is 9.84. The summed E-state index contributed by atoms with van der Waals surface area (Å²) in [5, 5.41) is 18.7. The lowest BCUT2D eigenvalue weighted by Crippen LogP contribution is -2.47. The Morgan fingerprint density at radius 2 is 1.66 bits per heavy atom. The number of alkyl halides is 3. The van der Waals surface area contributed by atoms with Gasteiger partial charge in [-0.3, -0.25) is 4.79 Å². The first-order valence-corrected chi connectivity index (χ1v) is 13.3. The second-order valence-electron chi connectivity index (χ2n) is 9.92. The number of carbonyl (C=O) groups is 2. The maximum Gasteiger partial charge on any atom is 0.416 e. The normalized spacial score (nSPS) is 21.3. The van der Waals surface area contributed by atoms with E-state index in [1.54, 1.807) is 30.3 Å². The summed E-state index contributed by atoms with van der Waals surface area (Å²) in [4.78, 5) is 25.2. The zero-order valence-corrected chi connectivity index (χ0v) is 22.3. The quantitative estimate of drug-likeness (QED) is 0.283. The molecule has 3 amide bonds. The van der Waals surface area contributed by atoms with Gasteiger partial charge in [0.05, 0.1) is 24.7 Å². The van der Waals surface area contributed by atoms with Crippen LogP contribution in [0.1, 0.15) is 35.4 Å². The van der Waals surface area contributed by atoms with Crippen molar-refractivity contribution < 1.29 is 37.3 Å². The minimum Gasteiger partial charge on any atom is -0.487 e. The zero-order valence-electron chi connectivity index (χ0n) is 21.6. The number of hydrogen-bond acceptors (Lipinski definition) is 5. The van der Waals surface area contributed by atoms with Crippen LogP contribution < -0.4 is 20.7 Å². The van der Waals surface area contributed by atoms with E-state index in [1.165, 1.54) is 12.1 Å². The lowest BCUT2D eigenvalue weighted by Gasteiger charge is -2.37. The summed E-state index contributed by atoms with van der Waals surface area (Å²) in [6.45, 7) is 0.0480. The predicted octanol–water partition coefficient (Wildman–Crippen LogP) is 5.70. The van der Waals surface area contributed by atoms with Crippen LogP contribution >= 0.6 is 11.6 Å². The molecule has 1 fully saturated rings. The molecule has 8 nitrogen and oxygen atoms in total. The second kappa shape index (κ2) is 12.0. The number of fused-ring (bicyclic) bond motifs is 3. The first-order valence-electron chi connectivity index (χ1n) is 12.9. The van der Waals surface area contributed by atoms with Gasteiger partial charge in [0.1, 0.15) is 18.0 Å². The Morgan fingerprint density at radius 1 is 0.976 bits per heavy atom. The van der Waals surface area contributed by atoms with Crippen molar-refractivity contribution in [3.8, 4) is 5.75 Å². The van der Waals surface area contributed by atoms with Gasteiger partial charge in [-0.15, -0.1) is 0 Å². The van der Waals surface area contributed by atoms with Crippen LogP contribution in [0.25, 0.3) is 0 Å². The number of benzene rings is 3. The second-order valence-corrected chi connectivity index (χ2v) is 10.4. The molecule has 4 atom stereocenters. The Morgan fingerprint density at radius 3 is 2.34 bits per heavy atom. The average Bonchev–Trinajstić information content (AvgIpc) is 3.30. The molecular weight excluding hydrogens is 563 g/mol. The number of carbonyl (C=O) groups excluding carboxylic acids is 2. The van der Waals surface area contributed by atoms with Crippen LogP contribution in [0.5, 0.6) is 5.75 Å². The number of amides is 3. The molecule has 0 unspecified atom stereocenters. The number of rotatable bonds is 7. The number of ether oxygens (including phenoxy) is 2. The Hall–Kier alpha value is -3.80. The highest BCUT2D eigenvalue weighted by atomic mass is 35.5. The molecule has 1 saturated heterocycles. The molecule has 0 saturated carbocycles. The molecule has 5 rings (SSSR count). The summed E-state index contributed by atoms with van der Waals surface area (Å²) >= 11 is 5.91. The molecular formula is C29H27ClF3N3O5. The molecule has 3 aromatic carbocycles. The molecule has 0 spiro atoms. The Balaban J connectivity index is 1.21. The van der Waals surface area contributed by atoms with Crippen molar-refractivity contribution in [2.45, 2.75) is 49.8 Å². The predicted molar refractivity (Wildman–Crippen MR) is 146 cm³/mol. The summed E-state index contributed by atoms with van der Waals surface area (Å²) in [5.74, 6) is 0.197. The van der Waals surface area contributed by atoms with E-state index in [2.05, 4.69) is 16.0 Å². The molecule has 3 aromatic rings. The standard InChI is InChI=1S/C29H27ClF3N3O5/c30-18-5-1-16(2-6-18)14-34-26(38)13-21-12-23-22-11-20(9-10-24(22)41-27(23)25(15-37)40-21)36-28(39)35-19-7-3-17(4-8-19)29(31,32)33/h1-11,21,23,25,27,37H,12-15H2,(H,34,38)(H2,35,36,39)/t21-,23+,25+,27-/m0/s1. The van der Waals surface area contributed by atoms with Gasteiger partial charge in [0, 0.05) is 34.4 Å². The van der Waals surface area contributed by atoms with Gasteiger partial charge < -0.3 is 30.5 Å². The monoisotopic (exact) mass is 589 g/mol. The fourth-order valence-corrected chi connectivity index (χ4v) is 5.21. The van der Waals surface area contributed by atoms with Crippen LogP contribution in [-0.4, -0.2) is 42.0 Å². The zero-order chi connectivity index (χ0) is 29.1. The van der Waals surface area contributed by atoms with Gasteiger partial charge in [0.25, 0.3) is 0 Å². The lowest BCUT2D eigenvalue weighted by molar-refractivity contribution is -0.142. The largest absolute Gasteiger partial charge is 0.487 e. The van der Waals surface area contributed by atoms with Gasteiger partial charge in [-0.05, 0) is 66.6 Å². The van der Waals surface area contributed by atoms with Crippen molar-refractivity contribution in [1.82, 2.24) is 5.32 Å². The molecule has 0 bridgehead atoms. The number of anilines is 2. The number of urea groups is 1. The third kappa shape index (κ3) is 6.92. The van der Waals surface area contributed by atoms with Crippen LogP contribution in [0, 0.1) is 0 Å². The van der Waals surface area contributed by atoms with E-state index in [1.807, 2.05) is 12.1 Å². The van der Waals surface area contributed by atoms with E-state index in [-0.39, 0.29) is 30.5 Å². The topological polar surface area (TPSA) is 109 Å². The van der Waals surface area contributed by atoms with Gasteiger partial charge in [-0.25, -0.2) is 4.79 Å². The summed E-state index contributed by atoms with van der Waals surface area (Å²) < 4.78 is 50.4. The van der Waals surface area contributed by atoms with E-state index >= 15 is 0 Å². The van der Waals surface area contributed by atoms with Gasteiger partial charge in [0.2, 0.25) is 5.91 Å². The van der Waals surface area contributed by atoms with Crippen LogP contribution in [0.2, 0.25) is 5.02 Å². The Labute approximate surface area is 238 Å². The van der Waals surface area contributed by atoms with Crippen molar-refractivity contribution in [3.63, 3.8) is 0 Å². The van der Waals surface area contributed by atoms with Crippen molar-refractivity contribution >= 4 is 34.9 Å². The average molecular weight is 590 g/mol. The molecule has 41 heavy (non-hydrogen) atoms. The molecule has 2 aliphatic rings. The Bertz CT molecular complexity index is 1400. The van der Waals surface area contributed by atoms with Crippen molar-refractivity contribution in [2.75, 3.05) is 17.2 Å². The van der Waals surface area contributed by atoms with Crippen LogP contribution in [0.15, 0.2) is 66.7 Å². The highest BCUT2D eigenvalue weighted by Gasteiger charge is 2.46. The molecule has 12 heteroatoms. The van der Waals surface area contributed by atoms with E-state index < -0.39 is 36.1 Å². The number of nitrogens with one attached hydrogen (secondary N) is 3. The van der Waals surface area contributed by atoms with E-state index in [9.17, 15) is 27.9 Å². The highest BCUT2D eigenvalue weighted by Crippen LogP contribution is 2.47. The first-order chi connectivity index (χ1) is 19.6. The van der Waals surface area contributed by atoms with E-state index in [0.717, 1.165) is 23.3 Å². The maximum atomic E-state index is 12.8. The fourth-order valence-electron chi connectivity index (χ4n) is 5.08. The van der Waals surface area contributed by atoms with Crippen LogP contribution in [-0.2, 0) is 22.3 Å². The third-order valence-corrected chi connectivity index (χ3v) is 7.30. The fraction of sp³-hybridized carbons (Fsp3) is 0.310. The third-order valence-electron chi connectivity index (χ3n) is 7.04. The van der Waals surface area contributed by atoms with Gasteiger partial charge in [0.15, 0.2) is 0 Å². The molecule has 2 aliphatic heterocycles. The van der Waals surface area contributed by atoms with E-state index in [4.69, 9.17) is 21.1 Å². The summed E-state index contributed by atoms with van der Waals surface area (Å²) in [6.07, 6.45) is -5.48. The molecule has 0 aromatic heterocycles. The molecule has 2 heterocycles. The van der Waals surface area contributed by atoms with Gasteiger partial charge >= 0.3 is 12.2 Å². The van der Waals surface area contributed by atoms with Crippen molar-refractivity contribution in [2.24, 2.45) is 0 Å². The number of hydrogen-bond donors (Lipinski definition) is 4. The number of halogens is 4. The molecule has 4 N–H and O–H groups in total. The molecule has 216 valence electrons. The SMILES string of the molecule is O=C(C[C@@H]1C[C@@H]2c3cc(NC(=O)Nc4ccc(C(F)(F)F)cc4)ccc3O[C@@H]2[C@@H](CO)O1)NCc1ccc(Cl)cc1. The van der Waals surface area contributed by atoms with Crippen LogP contribution in [0.4, 0.5) is 29.3 Å². The smallest absolute Gasteiger partial charge is 0.416 e. The Kier molecular flexibility index (Phi) is 8.39. The van der Waals surface area contributed by atoms with Crippen molar-refractivity contribution in [3.05, 3.63) is 88.4 Å². The number of aliphatic hydroxyl groups is 1. The first kappa shape index (κ1) is 28.7. The van der Waals surface area contributed by atoms with Gasteiger partial charge in [-0.1, -0.05) is 23.7 Å². The van der Waals surface area contributed by atoms with Crippen LogP contribution in [0.3, 0.4) is 0 Å². The minimum absolute atomic E-state index is 0.0934.